The Bertz CT molecular complexity index is 971. The van der Waals surface area contributed by atoms with Gasteiger partial charge in [0.1, 0.15) is 11.6 Å². The third-order valence-corrected chi connectivity index (χ3v) is 4.10. The average molecular weight is 374 g/mol. The van der Waals surface area contributed by atoms with E-state index < -0.39 is 12.6 Å². The zero-order valence-electron chi connectivity index (χ0n) is 15.2. The number of carbonyl (C=O) groups is 1. The maximum atomic E-state index is 13.7. The predicted molar refractivity (Wildman–Crippen MR) is 100 cm³/mol. The third kappa shape index (κ3) is 3.84. The Kier molecular flexibility index (Phi) is 5.25. The van der Waals surface area contributed by atoms with Crippen molar-refractivity contribution in [2.24, 2.45) is 0 Å². The third-order valence-electron chi connectivity index (χ3n) is 4.10. The van der Waals surface area contributed by atoms with Crippen molar-refractivity contribution in [3.8, 4) is 5.75 Å². The van der Waals surface area contributed by atoms with Crippen molar-refractivity contribution in [1.82, 2.24) is 9.55 Å². The van der Waals surface area contributed by atoms with Crippen LogP contribution in [-0.2, 0) is 4.79 Å². The van der Waals surface area contributed by atoms with Gasteiger partial charge in [-0.3, -0.25) is 9.36 Å². The van der Waals surface area contributed by atoms with Crippen molar-refractivity contribution in [3.05, 3.63) is 48.3 Å². The summed E-state index contributed by atoms with van der Waals surface area (Å²) in [5.41, 5.74) is 2.00. The molecule has 0 spiro atoms. The lowest BCUT2D eigenvalue weighted by molar-refractivity contribution is -0.114. The molecule has 1 heterocycles. The van der Waals surface area contributed by atoms with E-state index in [2.05, 4.69) is 15.6 Å². The first-order valence-corrected chi connectivity index (χ1v) is 8.38. The van der Waals surface area contributed by atoms with Crippen LogP contribution in [0.15, 0.2) is 42.5 Å². The minimum atomic E-state index is -2.72. The Morgan fingerprint density at radius 2 is 1.96 bits per heavy atom. The highest BCUT2D eigenvalue weighted by Gasteiger charge is 2.22. The smallest absolute Gasteiger partial charge is 0.320 e. The van der Waals surface area contributed by atoms with Crippen LogP contribution in [0.1, 0.15) is 32.3 Å². The van der Waals surface area contributed by atoms with Crippen LogP contribution in [0.25, 0.3) is 11.0 Å². The molecule has 2 N–H and O–H groups in total. The van der Waals surface area contributed by atoms with E-state index >= 15 is 0 Å². The molecule has 1 atom stereocenters. The molecular formula is C19H20F2N4O2. The Morgan fingerprint density at radius 1 is 1.22 bits per heavy atom. The number of nitrogens with zero attached hydrogens (tertiary/aromatic N) is 2. The lowest BCUT2D eigenvalue weighted by Crippen LogP contribution is -2.15. The molecule has 0 saturated carbocycles. The van der Waals surface area contributed by atoms with E-state index in [1.165, 1.54) is 14.0 Å². The van der Waals surface area contributed by atoms with Crippen LogP contribution in [0.4, 0.5) is 20.2 Å². The molecule has 0 aliphatic carbocycles. The van der Waals surface area contributed by atoms with E-state index in [4.69, 9.17) is 4.74 Å². The standard InChI is InChI=1S/C19H20F2N4O2/c1-11(18-24-14-6-4-5-7-16(14)25(18)19(20)21)22-15-10-13(23-12(2)26)8-9-17(15)27-3/h4-11,19,22H,1-3H3,(H,23,26). The van der Waals surface area contributed by atoms with Gasteiger partial charge < -0.3 is 15.4 Å². The van der Waals surface area contributed by atoms with Crippen LogP contribution in [0.3, 0.4) is 0 Å². The molecule has 1 unspecified atom stereocenters. The van der Waals surface area contributed by atoms with E-state index in [9.17, 15) is 13.6 Å². The highest BCUT2D eigenvalue weighted by Crippen LogP contribution is 2.33. The number of aromatic nitrogens is 2. The summed E-state index contributed by atoms with van der Waals surface area (Å²) in [6, 6.07) is 11.3. The molecule has 2 aromatic carbocycles. The van der Waals surface area contributed by atoms with Gasteiger partial charge in [0.2, 0.25) is 5.91 Å². The summed E-state index contributed by atoms with van der Waals surface area (Å²) in [6.07, 6.45) is 0. The molecule has 8 heteroatoms. The number of amides is 1. The number of benzene rings is 2. The second kappa shape index (κ2) is 7.61. The Labute approximate surface area is 155 Å². The second-order valence-corrected chi connectivity index (χ2v) is 6.07. The van der Waals surface area contributed by atoms with Crippen molar-refractivity contribution in [3.63, 3.8) is 0 Å². The van der Waals surface area contributed by atoms with Crippen molar-refractivity contribution >= 4 is 28.3 Å². The van der Waals surface area contributed by atoms with Crippen LogP contribution in [0, 0.1) is 0 Å². The second-order valence-electron chi connectivity index (χ2n) is 6.07. The molecule has 142 valence electrons. The number of anilines is 2. The van der Waals surface area contributed by atoms with Gasteiger partial charge in [-0.05, 0) is 37.3 Å². The topological polar surface area (TPSA) is 68.2 Å². The number of para-hydroxylation sites is 2. The molecule has 6 nitrogen and oxygen atoms in total. The number of hydrogen-bond acceptors (Lipinski definition) is 4. The maximum Gasteiger partial charge on any atom is 0.320 e. The number of halogens is 2. The molecule has 0 aliphatic heterocycles. The van der Waals surface area contributed by atoms with Crippen LogP contribution in [0.5, 0.6) is 5.75 Å². The van der Waals surface area contributed by atoms with Crippen LogP contribution in [-0.4, -0.2) is 22.6 Å². The fourth-order valence-electron chi connectivity index (χ4n) is 2.97. The number of imidazole rings is 1. The van der Waals surface area contributed by atoms with Gasteiger partial charge >= 0.3 is 6.55 Å². The van der Waals surface area contributed by atoms with Gasteiger partial charge in [-0.2, -0.15) is 8.78 Å². The van der Waals surface area contributed by atoms with Gasteiger partial charge in [0.05, 0.1) is 29.9 Å². The fraction of sp³-hybridized carbons (Fsp3) is 0.263. The summed E-state index contributed by atoms with van der Waals surface area (Å²) in [7, 11) is 1.51. The zero-order valence-corrected chi connectivity index (χ0v) is 15.2. The van der Waals surface area contributed by atoms with Crippen LogP contribution >= 0.6 is 0 Å². The molecule has 0 saturated heterocycles. The maximum absolute atomic E-state index is 13.7. The van der Waals surface area contributed by atoms with Gasteiger partial charge in [0.15, 0.2) is 0 Å². The number of nitrogens with one attached hydrogen (secondary N) is 2. The van der Waals surface area contributed by atoms with Crippen molar-refractivity contribution < 1.29 is 18.3 Å². The Morgan fingerprint density at radius 3 is 2.63 bits per heavy atom. The summed E-state index contributed by atoms with van der Waals surface area (Å²) in [5.74, 6) is 0.521. The molecule has 0 fully saturated rings. The average Bonchev–Trinajstić information content (AvgIpc) is 3.01. The molecule has 3 rings (SSSR count). The number of methoxy groups -OCH3 is 1. The summed E-state index contributed by atoms with van der Waals surface area (Å²) in [5, 5.41) is 5.84. The zero-order chi connectivity index (χ0) is 19.6. The van der Waals surface area contributed by atoms with E-state index in [0.717, 1.165) is 4.57 Å². The number of ether oxygens (including phenoxy) is 1. The molecule has 1 aromatic heterocycles. The van der Waals surface area contributed by atoms with E-state index in [-0.39, 0.29) is 11.7 Å². The predicted octanol–water partition coefficient (Wildman–Crippen LogP) is 4.57. The molecule has 0 radical (unpaired) electrons. The van der Waals surface area contributed by atoms with Gasteiger partial charge in [0, 0.05) is 12.6 Å². The monoisotopic (exact) mass is 374 g/mol. The Balaban J connectivity index is 1.98. The largest absolute Gasteiger partial charge is 0.495 e. The molecule has 27 heavy (non-hydrogen) atoms. The number of rotatable bonds is 6. The van der Waals surface area contributed by atoms with Crippen molar-refractivity contribution in [1.29, 1.82) is 0 Å². The number of carbonyl (C=O) groups excluding carboxylic acids is 1. The van der Waals surface area contributed by atoms with E-state index in [0.29, 0.717) is 28.2 Å². The minimum absolute atomic E-state index is 0.207. The number of fused-ring (bicyclic) bond motifs is 1. The van der Waals surface area contributed by atoms with Gasteiger partial charge in [-0.25, -0.2) is 4.98 Å². The van der Waals surface area contributed by atoms with Crippen LogP contribution in [0.2, 0.25) is 0 Å². The number of hydrogen-bond donors (Lipinski definition) is 2. The minimum Gasteiger partial charge on any atom is -0.495 e. The summed E-state index contributed by atoms with van der Waals surface area (Å²) >= 11 is 0. The van der Waals surface area contributed by atoms with E-state index in [1.807, 2.05) is 0 Å². The molecule has 0 aliphatic rings. The highest BCUT2D eigenvalue weighted by atomic mass is 19.3. The SMILES string of the molecule is COc1ccc(NC(C)=O)cc1NC(C)c1nc2ccccc2n1C(F)F. The summed E-state index contributed by atoms with van der Waals surface area (Å²) in [4.78, 5) is 15.6. The molecule has 3 aromatic rings. The van der Waals surface area contributed by atoms with Crippen molar-refractivity contribution in [2.45, 2.75) is 26.4 Å². The number of alkyl halides is 2. The molecule has 0 bridgehead atoms. The lowest BCUT2D eigenvalue weighted by Gasteiger charge is -2.19. The lowest BCUT2D eigenvalue weighted by atomic mass is 10.2. The van der Waals surface area contributed by atoms with Gasteiger partial charge in [0.25, 0.3) is 0 Å². The van der Waals surface area contributed by atoms with Crippen LogP contribution < -0.4 is 15.4 Å². The quantitative estimate of drug-likeness (QED) is 0.663. The first kappa shape index (κ1) is 18.6. The summed E-state index contributed by atoms with van der Waals surface area (Å²) < 4.78 is 33.6. The Hall–Kier alpha value is -3.16. The normalized spacial score (nSPS) is 12.2. The van der Waals surface area contributed by atoms with Crippen molar-refractivity contribution in [2.75, 3.05) is 17.7 Å². The summed E-state index contributed by atoms with van der Waals surface area (Å²) in [6.45, 7) is 0.430. The highest BCUT2D eigenvalue weighted by molar-refractivity contribution is 5.89. The molecular weight excluding hydrogens is 354 g/mol. The molecule has 1 amide bonds. The first-order valence-electron chi connectivity index (χ1n) is 8.38. The van der Waals surface area contributed by atoms with Gasteiger partial charge in [-0.1, -0.05) is 12.1 Å². The van der Waals surface area contributed by atoms with Gasteiger partial charge in [-0.15, -0.1) is 0 Å². The first-order chi connectivity index (χ1) is 12.9. The fourth-order valence-corrected chi connectivity index (χ4v) is 2.97. The van der Waals surface area contributed by atoms with E-state index in [1.54, 1.807) is 49.4 Å².